The van der Waals surface area contributed by atoms with Gasteiger partial charge in [0.2, 0.25) is 5.67 Å². The summed E-state index contributed by atoms with van der Waals surface area (Å²) in [6, 6.07) is 0.929. The van der Waals surface area contributed by atoms with Gasteiger partial charge in [-0.15, -0.1) is 6.42 Å². The molecule has 1 aliphatic heterocycles. The third-order valence-corrected chi connectivity index (χ3v) is 8.51. The average molecular weight is 552 g/mol. The number of aliphatic hydroxyl groups excluding tert-OH is 1. The molecular weight excluding hydrogens is 532 g/mol. The van der Waals surface area contributed by atoms with Crippen LogP contribution in [0.15, 0.2) is 15.7 Å². The van der Waals surface area contributed by atoms with Gasteiger partial charge in [-0.3, -0.25) is 18.9 Å². The van der Waals surface area contributed by atoms with Crippen LogP contribution in [-0.2, 0) is 31.6 Å². The zero-order valence-corrected chi connectivity index (χ0v) is 19.9. The van der Waals surface area contributed by atoms with E-state index >= 15 is 4.39 Å². The second kappa shape index (κ2) is 9.87. The number of halogens is 1. The number of phosphoric acid groups is 3. The normalized spacial score (nSPS) is 29.7. The van der Waals surface area contributed by atoms with Gasteiger partial charge in [0.1, 0.15) is 0 Å². The minimum atomic E-state index is -5.83. The van der Waals surface area contributed by atoms with Crippen LogP contribution >= 0.6 is 23.5 Å². The van der Waals surface area contributed by atoms with E-state index in [9.17, 15) is 38.2 Å². The number of hydrogen-bond acceptors (Lipinski definition) is 10. The smallest absolute Gasteiger partial charge is 0.396 e. The molecule has 34 heavy (non-hydrogen) atoms. The molecule has 0 saturated carbocycles. The highest BCUT2D eigenvalue weighted by atomic mass is 31.3. The van der Waals surface area contributed by atoms with E-state index in [0.717, 1.165) is 13.0 Å². The lowest BCUT2D eigenvalue weighted by molar-refractivity contribution is -0.0751. The molecule has 6 N–H and O–H groups in total. The Balaban J connectivity index is 2.38. The molecule has 2 heterocycles. The van der Waals surface area contributed by atoms with Crippen molar-refractivity contribution in [2.75, 3.05) is 6.61 Å². The predicted octanol–water partition coefficient (Wildman–Crippen LogP) is -0.576. The van der Waals surface area contributed by atoms with Crippen molar-refractivity contribution in [2.24, 2.45) is 5.92 Å². The number of terminal acetylenes is 1. The fourth-order valence-electron chi connectivity index (χ4n) is 3.35. The quantitative estimate of drug-likeness (QED) is 0.166. The number of aromatic nitrogens is 2. The van der Waals surface area contributed by atoms with Crippen LogP contribution in [0.1, 0.15) is 18.8 Å². The Morgan fingerprint density at radius 3 is 2.32 bits per heavy atom. The van der Waals surface area contributed by atoms with Crippen LogP contribution in [0, 0.1) is 25.2 Å². The van der Waals surface area contributed by atoms with Gasteiger partial charge in [0.15, 0.2) is 6.23 Å². The molecule has 0 bridgehead atoms. The van der Waals surface area contributed by atoms with E-state index in [1.165, 1.54) is 6.92 Å². The Morgan fingerprint density at radius 1 is 1.26 bits per heavy atom. The zero-order valence-electron chi connectivity index (χ0n) is 17.2. The summed E-state index contributed by atoms with van der Waals surface area (Å²) < 4.78 is 68.0. The van der Waals surface area contributed by atoms with Crippen LogP contribution in [-0.4, -0.2) is 58.7 Å². The molecular formula is C14H20FN2O14P3. The molecule has 0 aliphatic carbocycles. The summed E-state index contributed by atoms with van der Waals surface area (Å²) in [6.07, 6.45) is -0.122. The molecule has 0 spiro atoms. The lowest BCUT2D eigenvalue weighted by Crippen LogP contribution is -2.44. The third-order valence-electron chi connectivity index (χ3n) is 4.58. The molecule has 7 atom stereocenters. The van der Waals surface area contributed by atoms with E-state index in [4.69, 9.17) is 20.9 Å². The molecule has 1 aliphatic rings. The van der Waals surface area contributed by atoms with Gasteiger partial charge in [-0.1, -0.05) is 5.92 Å². The maximum atomic E-state index is 15.8. The summed E-state index contributed by atoms with van der Waals surface area (Å²) in [7, 11) is -17.1. The number of hydrogen-bond donors (Lipinski definition) is 6. The Hall–Kier alpha value is -1.50. The topological polar surface area (TPSA) is 244 Å². The minimum Gasteiger partial charge on any atom is -0.396 e. The standard InChI is InChI=1S/C14H20FN2O14P3/c1-4-14(15)9(6-18)11(28-12(14)17-7(2)5-10(19)16-13(17)20)8(3)29-33(24,25)31-34(26,27)30-32(21,22)23/h1,5,8-9,11-12,18H,6H2,2-3H3,(H,24,25)(H,26,27)(H,16,19,20)(H2,21,22,23)/t8-,9?,11+,12+,14?/m0/s1. The van der Waals surface area contributed by atoms with Crippen LogP contribution in [0.3, 0.4) is 0 Å². The van der Waals surface area contributed by atoms with Crippen molar-refractivity contribution in [1.82, 2.24) is 9.55 Å². The molecule has 0 aromatic carbocycles. The first kappa shape index (κ1) is 28.7. The van der Waals surface area contributed by atoms with E-state index in [0.29, 0.717) is 4.57 Å². The fourth-order valence-corrected chi connectivity index (χ4v) is 6.55. The van der Waals surface area contributed by atoms with Crippen molar-refractivity contribution in [1.29, 1.82) is 0 Å². The molecule has 20 heteroatoms. The summed E-state index contributed by atoms with van der Waals surface area (Å²) in [4.78, 5) is 61.7. The molecule has 1 aromatic rings. The van der Waals surface area contributed by atoms with Crippen molar-refractivity contribution < 1.29 is 60.6 Å². The number of rotatable bonds is 9. The van der Waals surface area contributed by atoms with Crippen molar-refractivity contribution in [2.45, 2.75) is 38.0 Å². The van der Waals surface area contributed by atoms with E-state index in [2.05, 4.69) is 13.1 Å². The van der Waals surface area contributed by atoms with E-state index in [1.807, 2.05) is 4.98 Å². The van der Waals surface area contributed by atoms with Crippen molar-refractivity contribution in [3.8, 4) is 12.3 Å². The van der Waals surface area contributed by atoms with Gasteiger partial charge in [-0.05, 0) is 13.8 Å². The maximum absolute atomic E-state index is 15.8. The van der Waals surface area contributed by atoms with Crippen molar-refractivity contribution >= 4 is 23.5 Å². The highest BCUT2D eigenvalue weighted by molar-refractivity contribution is 7.66. The van der Waals surface area contributed by atoms with Gasteiger partial charge in [0, 0.05) is 11.8 Å². The first-order valence-electron chi connectivity index (χ1n) is 8.93. The number of alkyl halides is 1. The Kier molecular flexibility index (Phi) is 8.34. The zero-order chi connectivity index (χ0) is 26.3. The monoisotopic (exact) mass is 552 g/mol. The number of nitrogens with zero attached hydrogens (tertiary/aromatic N) is 1. The summed E-state index contributed by atoms with van der Waals surface area (Å²) in [5.74, 6) is 0.0522. The Bertz CT molecular complexity index is 1240. The van der Waals surface area contributed by atoms with Gasteiger partial charge in [0.05, 0.1) is 24.7 Å². The lowest BCUT2D eigenvalue weighted by Gasteiger charge is -2.28. The molecule has 0 amide bonds. The van der Waals surface area contributed by atoms with Gasteiger partial charge in [-0.25, -0.2) is 22.9 Å². The number of phosphoric ester groups is 1. The van der Waals surface area contributed by atoms with Crippen LogP contribution in [0.5, 0.6) is 0 Å². The first-order chi connectivity index (χ1) is 15.4. The lowest BCUT2D eigenvalue weighted by atomic mass is 9.85. The summed E-state index contributed by atoms with van der Waals surface area (Å²) in [6.45, 7) is 1.20. The molecule has 1 fully saturated rings. The number of nitrogens with one attached hydrogen (secondary N) is 1. The summed E-state index contributed by atoms with van der Waals surface area (Å²) in [5.41, 5.74) is -4.95. The van der Waals surface area contributed by atoms with E-state index in [1.54, 1.807) is 5.92 Å². The third kappa shape index (κ3) is 6.38. The molecule has 0 radical (unpaired) electrons. The predicted molar refractivity (Wildman–Crippen MR) is 108 cm³/mol. The fraction of sp³-hybridized carbons (Fsp3) is 0.571. The molecule has 1 aromatic heterocycles. The van der Waals surface area contributed by atoms with Gasteiger partial charge in [-0.2, -0.15) is 8.62 Å². The highest BCUT2D eigenvalue weighted by Crippen LogP contribution is 2.67. The highest BCUT2D eigenvalue weighted by Gasteiger charge is 2.60. The van der Waals surface area contributed by atoms with Crippen molar-refractivity contribution in [3.63, 3.8) is 0 Å². The number of ether oxygens (including phenoxy) is 1. The molecule has 1 saturated heterocycles. The molecule has 2 rings (SSSR count). The first-order valence-corrected chi connectivity index (χ1v) is 13.5. The summed E-state index contributed by atoms with van der Waals surface area (Å²) in [5, 5.41) is 9.74. The van der Waals surface area contributed by atoms with E-state index in [-0.39, 0.29) is 5.69 Å². The molecule has 4 unspecified atom stereocenters. The van der Waals surface area contributed by atoms with Crippen LogP contribution in [0.25, 0.3) is 0 Å². The number of aryl methyl sites for hydroxylation is 1. The Morgan fingerprint density at radius 2 is 1.85 bits per heavy atom. The van der Waals surface area contributed by atoms with Gasteiger partial charge >= 0.3 is 29.2 Å². The average Bonchev–Trinajstić information content (AvgIpc) is 2.90. The second-order valence-electron chi connectivity index (χ2n) is 7.01. The molecule has 16 nitrogen and oxygen atoms in total. The van der Waals surface area contributed by atoms with Crippen LogP contribution in [0.2, 0.25) is 0 Å². The van der Waals surface area contributed by atoms with Crippen LogP contribution in [0.4, 0.5) is 4.39 Å². The number of H-pyrrole nitrogens is 1. The largest absolute Gasteiger partial charge is 0.490 e. The van der Waals surface area contributed by atoms with Gasteiger partial charge < -0.3 is 29.4 Å². The number of aromatic amines is 1. The van der Waals surface area contributed by atoms with E-state index < -0.39 is 71.3 Å². The SMILES string of the molecule is C#CC1(F)C(CO)[C@@H]([C@H](C)OP(=O)(O)OP(=O)(O)OP(=O)(O)O)O[C@H]1n1c(C)cc(=O)[nH]c1=O. The minimum absolute atomic E-state index is 0.0890. The molecule has 192 valence electrons. The second-order valence-corrected chi connectivity index (χ2v) is 11.4. The maximum Gasteiger partial charge on any atom is 0.490 e. The van der Waals surface area contributed by atoms with Crippen LogP contribution < -0.4 is 11.2 Å². The van der Waals surface area contributed by atoms with Gasteiger partial charge in [0.25, 0.3) is 5.56 Å². The number of aliphatic hydroxyl groups is 1. The Labute approximate surface area is 189 Å². The van der Waals surface area contributed by atoms with Crippen molar-refractivity contribution in [3.05, 3.63) is 32.6 Å². The summed E-state index contributed by atoms with van der Waals surface area (Å²) >= 11 is 0.